The van der Waals surface area contributed by atoms with Crippen LogP contribution < -0.4 is 0 Å². The normalized spacial score (nSPS) is 12.6. The smallest absolute Gasteiger partial charge is 0.337 e. The van der Waals surface area contributed by atoms with E-state index in [9.17, 15) is 4.79 Å². The molecule has 0 aromatic rings. The predicted molar refractivity (Wildman–Crippen MR) is 63.9 cm³/mol. The lowest BCUT2D eigenvalue weighted by Crippen LogP contribution is -2.38. The molecule has 0 saturated carbocycles. The molecule has 0 rings (SSSR count). The predicted octanol–water partition coefficient (Wildman–Crippen LogP) is 1.55. The van der Waals surface area contributed by atoms with Crippen molar-refractivity contribution in [1.29, 1.82) is 0 Å². The van der Waals surface area contributed by atoms with E-state index < -0.39 is 12.8 Å². The molecule has 0 heterocycles. The number of hydrogen-bond donors (Lipinski definition) is 1. The van der Waals surface area contributed by atoms with Crippen molar-refractivity contribution in [3.63, 3.8) is 0 Å². The van der Waals surface area contributed by atoms with Crippen LogP contribution in [0, 0.1) is 0 Å². The zero-order chi connectivity index (χ0) is 12.6. The molecule has 0 bridgehead atoms. The molecule has 4 heteroatoms. The average molecular weight is 229 g/mol. The highest BCUT2D eigenvalue weighted by atomic mass is 16.6. The number of likely N-dealkylation sites (N-methyl/N-ethyl adjacent to an activating group) is 1. The Morgan fingerprint density at radius 2 is 1.94 bits per heavy atom. The van der Waals surface area contributed by atoms with Crippen LogP contribution in [0.2, 0.25) is 0 Å². The summed E-state index contributed by atoms with van der Waals surface area (Å²) in [5, 5.41) is 8.55. The monoisotopic (exact) mass is 229 g/mol. The van der Waals surface area contributed by atoms with Crippen LogP contribution in [0.25, 0.3) is 0 Å². The Bertz CT molecular complexity index is 224. The summed E-state index contributed by atoms with van der Waals surface area (Å²) in [4.78, 5) is 13.7. The maximum Gasteiger partial charge on any atom is 0.337 e. The second-order valence-electron chi connectivity index (χ2n) is 3.61. The topological polar surface area (TPSA) is 49.8 Å². The van der Waals surface area contributed by atoms with Crippen LogP contribution in [-0.2, 0) is 9.53 Å². The summed E-state index contributed by atoms with van der Waals surface area (Å²) in [5.41, 5.74) is 0.430. The van der Waals surface area contributed by atoms with E-state index in [-0.39, 0.29) is 6.04 Å². The molecule has 1 N–H and O–H groups in total. The molecule has 1 atom stereocenters. The van der Waals surface area contributed by atoms with Gasteiger partial charge < -0.3 is 9.84 Å². The van der Waals surface area contributed by atoms with Crippen molar-refractivity contribution in [1.82, 2.24) is 4.90 Å². The van der Waals surface area contributed by atoms with E-state index >= 15 is 0 Å². The van der Waals surface area contributed by atoms with E-state index in [2.05, 4.69) is 37.0 Å². The number of aliphatic hydroxyl groups is 1. The van der Waals surface area contributed by atoms with Gasteiger partial charge in [0.2, 0.25) is 0 Å². The number of carbonyl (C=O) groups excluding carboxylic acids is 1. The van der Waals surface area contributed by atoms with Crippen LogP contribution in [0.3, 0.4) is 0 Å². The molecule has 0 aliphatic heterocycles. The molecule has 0 aliphatic carbocycles. The maximum absolute atomic E-state index is 11.5. The number of nitrogens with zero attached hydrogens (tertiary/aromatic N) is 1. The number of ether oxygens (including phenoxy) is 1. The Kier molecular flexibility index (Phi) is 7.85. The molecule has 0 fully saturated rings. The van der Waals surface area contributed by atoms with Crippen LogP contribution >= 0.6 is 0 Å². The molecule has 4 nitrogen and oxygen atoms in total. The average Bonchev–Trinajstić information content (AvgIpc) is 2.29. The van der Waals surface area contributed by atoms with E-state index in [1.54, 1.807) is 0 Å². The standard InChI is InChI=1S/C12H23NO3/c1-5-8-11(13(6-2)7-3)10(4)12(15)16-9-14/h11,14H,4-9H2,1-3H3. The summed E-state index contributed by atoms with van der Waals surface area (Å²) in [6, 6.07) is 0.0130. The van der Waals surface area contributed by atoms with Crippen molar-refractivity contribution in [2.75, 3.05) is 19.9 Å². The molecule has 0 aromatic heterocycles. The summed E-state index contributed by atoms with van der Waals surface area (Å²) < 4.78 is 4.56. The summed E-state index contributed by atoms with van der Waals surface area (Å²) >= 11 is 0. The van der Waals surface area contributed by atoms with Crippen molar-refractivity contribution < 1.29 is 14.6 Å². The second kappa shape index (κ2) is 8.30. The fourth-order valence-corrected chi connectivity index (χ4v) is 1.80. The quantitative estimate of drug-likeness (QED) is 0.390. The molecule has 16 heavy (non-hydrogen) atoms. The van der Waals surface area contributed by atoms with E-state index in [0.717, 1.165) is 25.9 Å². The third kappa shape index (κ3) is 4.33. The van der Waals surface area contributed by atoms with Crippen LogP contribution in [0.1, 0.15) is 33.6 Å². The summed E-state index contributed by atoms with van der Waals surface area (Å²) in [6.45, 7) is 11.1. The van der Waals surface area contributed by atoms with Gasteiger partial charge in [0.05, 0.1) is 0 Å². The van der Waals surface area contributed by atoms with Gasteiger partial charge in [-0.05, 0) is 19.5 Å². The Morgan fingerprint density at radius 1 is 1.38 bits per heavy atom. The van der Waals surface area contributed by atoms with Gasteiger partial charge in [0.1, 0.15) is 0 Å². The van der Waals surface area contributed by atoms with Crippen molar-refractivity contribution in [3.05, 3.63) is 12.2 Å². The van der Waals surface area contributed by atoms with Crippen molar-refractivity contribution in [2.24, 2.45) is 0 Å². The third-order valence-corrected chi connectivity index (χ3v) is 2.68. The molecule has 0 aliphatic rings. The van der Waals surface area contributed by atoms with Gasteiger partial charge in [-0.3, -0.25) is 4.90 Å². The van der Waals surface area contributed by atoms with E-state index in [0.29, 0.717) is 5.57 Å². The fourth-order valence-electron chi connectivity index (χ4n) is 1.80. The Labute approximate surface area is 97.9 Å². The first-order valence-electron chi connectivity index (χ1n) is 5.83. The van der Waals surface area contributed by atoms with Gasteiger partial charge >= 0.3 is 5.97 Å². The van der Waals surface area contributed by atoms with Crippen molar-refractivity contribution in [3.8, 4) is 0 Å². The van der Waals surface area contributed by atoms with E-state index in [1.807, 2.05) is 0 Å². The third-order valence-electron chi connectivity index (χ3n) is 2.68. The van der Waals surface area contributed by atoms with Crippen LogP contribution in [0.5, 0.6) is 0 Å². The molecular weight excluding hydrogens is 206 g/mol. The molecule has 1 unspecified atom stereocenters. The van der Waals surface area contributed by atoms with Gasteiger partial charge in [0.15, 0.2) is 6.79 Å². The minimum Gasteiger partial charge on any atom is -0.435 e. The highest BCUT2D eigenvalue weighted by Gasteiger charge is 2.23. The zero-order valence-electron chi connectivity index (χ0n) is 10.5. The zero-order valence-corrected chi connectivity index (χ0v) is 10.5. The molecule has 0 aromatic carbocycles. The summed E-state index contributed by atoms with van der Waals surface area (Å²) in [6.07, 6.45) is 1.85. The molecule has 0 saturated heterocycles. The van der Waals surface area contributed by atoms with Crippen LogP contribution in [-0.4, -0.2) is 41.9 Å². The van der Waals surface area contributed by atoms with Gasteiger partial charge in [0, 0.05) is 11.6 Å². The van der Waals surface area contributed by atoms with Crippen LogP contribution in [0.4, 0.5) is 0 Å². The Balaban J connectivity index is 4.62. The molecule has 0 radical (unpaired) electrons. The van der Waals surface area contributed by atoms with Gasteiger partial charge in [0.25, 0.3) is 0 Å². The van der Waals surface area contributed by atoms with Gasteiger partial charge in [-0.1, -0.05) is 33.8 Å². The fraction of sp³-hybridized carbons (Fsp3) is 0.750. The minimum absolute atomic E-state index is 0.0130. The van der Waals surface area contributed by atoms with Gasteiger partial charge in [-0.25, -0.2) is 4.79 Å². The van der Waals surface area contributed by atoms with Gasteiger partial charge in [-0.2, -0.15) is 0 Å². The largest absolute Gasteiger partial charge is 0.435 e. The number of esters is 1. The van der Waals surface area contributed by atoms with E-state index in [1.165, 1.54) is 0 Å². The maximum atomic E-state index is 11.5. The summed E-state index contributed by atoms with van der Waals surface area (Å²) in [5.74, 6) is -0.507. The Morgan fingerprint density at radius 3 is 2.31 bits per heavy atom. The number of carbonyl (C=O) groups is 1. The molecule has 94 valence electrons. The van der Waals surface area contributed by atoms with Crippen molar-refractivity contribution in [2.45, 2.75) is 39.7 Å². The second-order valence-corrected chi connectivity index (χ2v) is 3.61. The summed E-state index contributed by atoms with van der Waals surface area (Å²) in [7, 11) is 0. The molecule has 0 amide bonds. The lowest BCUT2D eigenvalue weighted by molar-refractivity contribution is -0.147. The highest BCUT2D eigenvalue weighted by Crippen LogP contribution is 2.16. The lowest BCUT2D eigenvalue weighted by Gasteiger charge is -2.30. The van der Waals surface area contributed by atoms with Crippen LogP contribution in [0.15, 0.2) is 12.2 Å². The number of hydrogen-bond acceptors (Lipinski definition) is 4. The SMILES string of the molecule is C=C(C(=O)OCO)C(CCC)N(CC)CC. The molecular formula is C12H23NO3. The number of aliphatic hydroxyl groups excluding tert-OH is 1. The Hall–Kier alpha value is -0.870. The van der Waals surface area contributed by atoms with Gasteiger partial charge in [-0.15, -0.1) is 0 Å². The highest BCUT2D eigenvalue weighted by molar-refractivity contribution is 5.89. The lowest BCUT2D eigenvalue weighted by atomic mass is 10.0. The first-order valence-corrected chi connectivity index (χ1v) is 5.83. The molecule has 0 spiro atoms. The first-order chi connectivity index (χ1) is 7.62. The number of rotatable bonds is 8. The first kappa shape index (κ1) is 15.1. The van der Waals surface area contributed by atoms with E-state index in [4.69, 9.17) is 5.11 Å². The minimum atomic E-state index is -0.588. The van der Waals surface area contributed by atoms with Crippen molar-refractivity contribution >= 4 is 5.97 Å².